The molecular formula is C12H21N3S. The third-order valence-corrected chi connectivity index (χ3v) is 3.46. The number of hydrogen-bond acceptors (Lipinski definition) is 4. The minimum Gasteiger partial charge on any atom is -0.349 e. The van der Waals surface area contributed by atoms with E-state index in [9.17, 15) is 0 Å². The highest BCUT2D eigenvalue weighted by atomic mass is 32.1. The topological polar surface area (TPSA) is 28.2 Å². The molecule has 0 unspecified atom stereocenters. The molecular weight excluding hydrogens is 218 g/mol. The van der Waals surface area contributed by atoms with Gasteiger partial charge in [-0.05, 0) is 26.8 Å². The highest BCUT2D eigenvalue weighted by Crippen LogP contribution is 2.21. The Hall–Kier alpha value is -0.870. The zero-order valence-electron chi connectivity index (χ0n) is 10.2. The smallest absolute Gasteiger partial charge is 0.185 e. The van der Waals surface area contributed by atoms with Gasteiger partial charge < -0.3 is 10.2 Å². The Balaban J connectivity index is 2.41. The quantitative estimate of drug-likeness (QED) is 0.558. The summed E-state index contributed by atoms with van der Waals surface area (Å²) in [6, 6.07) is 0. The van der Waals surface area contributed by atoms with E-state index in [1.807, 2.05) is 12.3 Å². The highest BCUT2D eigenvalue weighted by Gasteiger charge is 2.06. The van der Waals surface area contributed by atoms with Crippen LogP contribution in [0.5, 0.6) is 0 Å². The lowest BCUT2D eigenvalue weighted by Gasteiger charge is -2.16. The fourth-order valence-corrected chi connectivity index (χ4v) is 2.44. The third-order valence-electron chi connectivity index (χ3n) is 2.40. The summed E-state index contributed by atoms with van der Waals surface area (Å²) in [5.74, 6) is 0. The van der Waals surface area contributed by atoms with Crippen LogP contribution in [0.4, 0.5) is 5.13 Å². The van der Waals surface area contributed by atoms with Gasteiger partial charge in [0.15, 0.2) is 5.13 Å². The van der Waals surface area contributed by atoms with E-state index in [0.29, 0.717) is 0 Å². The normalized spacial score (nSPS) is 10.4. The first-order chi connectivity index (χ1) is 7.81. The van der Waals surface area contributed by atoms with E-state index in [0.717, 1.165) is 37.7 Å². The molecule has 0 atom stereocenters. The van der Waals surface area contributed by atoms with Crippen LogP contribution in [-0.4, -0.2) is 24.6 Å². The van der Waals surface area contributed by atoms with Crippen LogP contribution in [0.25, 0.3) is 0 Å². The summed E-state index contributed by atoms with van der Waals surface area (Å²) >= 11 is 1.77. The Morgan fingerprint density at radius 2 is 2.25 bits per heavy atom. The molecule has 0 saturated heterocycles. The van der Waals surface area contributed by atoms with Crippen molar-refractivity contribution in [2.75, 3.05) is 24.5 Å². The number of anilines is 1. The number of hydrogen-bond donors (Lipinski definition) is 1. The molecule has 0 fully saturated rings. The molecule has 0 aromatic carbocycles. The van der Waals surface area contributed by atoms with Crippen LogP contribution in [0.1, 0.15) is 25.1 Å². The Morgan fingerprint density at radius 3 is 2.88 bits per heavy atom. The Kier molecular flexibility index (Phi) is 6.11. The molecule has 4 heteroatoms. The Bertz CT molecular complexity index is 305. The number of aromatic nitrogens is 1. The molecule has 1 N–H and O–H groups in total. The van der Waals surface area contributed by atoms with Crippen molar-refractivity contribution in [3.8, 4) is 0 Å². The standard InChI is InChI=1S/C12H21N3S/c1-4-7-8-13-9-11-10-14-12(16-11)15(5-2)6-3/h4,10,13H,1,5-9H2,2-3H3. The molecule has 1 rings (SSSR count). The molecule has 0 spiro atoms. The SMILES string of the molecule is C=CCCNCc1cnc(N(CC)CC)s1. The predicted octanol–water partition coefficient (Wildman–Crippen LogP) is 2.66. The van der Waals surface area contributed by atoms with E-state index in [2.05, 4.69) is 35.6 Å². The van der Waals surface area contributed by atoms with Crippen LogP contribution in [0, 0.1) is 0 Å². The van der Waals surface area contributed by atoms with Crippen LogP contribution in [0.15, 0.2) is 18.9 Å². The molecule has 1 aromatic rings. The van der Waals surface area contributed by atoms with E-state index in [1.165, 1.54) is 4.88 Å². The minimum absolute atomic E-state index is 0.909. The predicted molar refractivity (Wildman–Crippen MR) is 72.2 cm³/mol. The van der Waals surface area contributed by atoms with Crippen molar-refractivity contribution in [3.63, 3.8) is 0 Å². The summed E-state index contributed by atoms with van der Waals surface area (Å²) in [5, 5.41) is 4.50. The zero-order chi connectivity index (χ0) is 11.8. The molecule has 0 aliphatic rings. The van der Waals surface area contributed by atoms with Gasteiger partial charge in [-0.2, -0.15) is 0 Å². The van der Waals surface area contributed by atoms with Gasteiger partial charge in [-0.1, -0.05) is 6.08 Å². The van der Waals surface area contributed by atoms with Gasteiger partial charge in [0.2, 0.25) is 0 Å². The lowest BCUT2D eigenvalue weighted by Crippen LogP contribution is -2.21. The number of nitrogens with zero attached hydrogens (tertiary/aromatic N) is 2. The van der Waals surface area contributed by atoms with E-state index in [-0.39, 0.29) is 0 Å². The van der Waals surface area contributed by atoms with Gasteiger partial charge in [0.1, 0.15) is 0 Å². The summed E-state index contributed by atoms with van der Waals surface area (Å²) in [6.07, 6.45) is 4.92. The van der Waals surface area contributed by atoms with Crippen molar-refractivity contribution in [3.05, 3.63) is 23.7 Å². The maximum absolute atomic E-state index is 4.44. The zero-order valence-corrected chi connectivity index (χ0v) is 11.0. The second kappa shape index (κ2) is 7.41. The maximum Gasteiger partial charge on any atom is 0.185 e. The van der Waals surface area contributed by atoms with Gasteiger partial charge in [0, 0.05) is 30.7 Å². The summed E-state index contributed by atoms with van der Waals surface area (Å²) in [7, 11) is 0. The van der Waals surface area contributed by atoms with Crippen molar-refractivity contribution in [1.29, 1.82) is 0 Å². The maximum atomic E-state index is 4.44. The van der Waals surface area contributed by atoms with E-state index < -0.39 is 0 Å². The van der Waals surface area contributed by atoms with E-state index in [1.54, 1.807) is 11.3 Å². The molecule has 0 aliphatic heterocycles. The van der Waals surface area contributed by atoms with Crippen LogP contribution in [0.2, 0.25) is 0 Å². The molecule has 0 bridgehead atoms. The molecule has 0 radical (unpaired) electrons. The molecule has 1 heterocycles. The summed E-state index contributed by atoms with van der Waals surface area (Å²) < 4.78 is 0. The first-order valence-corrected chi connectivity index (χ1v) is 6.64. The van der Waals surface area contributed by atoms with Crippen LogP contribution >= 0.6 is 11.3 Å². The molecule has 3 nitrogen and oxygen atoms in total. The van der Waals surface area contributed by atoms with Crippen molar-refractivity contribution >= 4 is 16.5 Å². The second-order valence-corrected chi connectivity index (χ2v) is 4.63. The third kappa shape index (κ3) is 3.94. The van der Waals surface area contributed by atoms with Gasteiger partial charge in [-0.15, -0.1) is 17.9 Å². The van der Waals surface area contributed by atoms with Gasteiger partial charge in [0.05, 0.1) is 0 Å². The highest BCUT2D eigenvalue weighted by molar-refractivity contribution is 7.15. The average molecular weight is 239 g/mol. The first kappa shape index (κ1) is 13.2. The fraction of sp³-hybridized carbons (Fsp3) is 0.583. The molecule has 0 saturated carbocycles. The minimum atomic E-state index is 0.909. The van der Waals surface area contributed by atoms with Crippen LogP contribution in [-0.2, 0) is 6.54 Å². The summed E-state index contributed by atoms with van der Waals surface area (Å²) in [6.45, 7) is 12.0. The van der Waals surface area contributed by atoms with E-state index in [4.69, 9.17) is 0 Å². The lowest BCUT2D eigenvalue weighted by molar-refractivity contribution is 0.702. The fourth-order valence-electron chi connectivity index (χ4n) is 1.43. The number of nitrogens with one attached hydrogen (secondary N) is 1. The van der Waals surface area contributed by atoms with Crippen LogP contribution < -0.4 is 10.2 Å². The largest absolute Gasteiger partial charge is 0.349 e. The lowest BCUT2D eigenvalue weighted by atomic mass is 10.4. The van der Waals surface area contributed by atoms with Crippen molar-refractivity contribution in [1.82, 2.24) is 10.3 Å². The van der Waals surface area contributed by atoms with E-state index >= 15 is 0 Å². The number of rotatable bonds is 8. The van der Waals surface area contributed by atoms with Gasteiger partial charge in [-0.3, -0.25) is 0 Å². The summed E-state index contributed by atoms with van der Waals surface area (Å²) in [4.78, 5) is 8.01. The first-order valence-electron chi connectivity index (χ1n) is 5.83. The van der Waals surface area contributed by atoms with Gasteiger partial charge in [0.25, 0.3) is 0 Å². The second-order valence-electron chi connectivity index (χ2n) is 3.54. The van der Waals surface area contributed by atoms with Gasteiger partial charge in [-0.25, -0.2) is 4.98 Å². The van der Waals surface area contributed by atoms with Crippen molar-refractivity contribution in [2.24, 2.45) is 0 Å². The number of thiazole rings is 1. The van der Waals surface area contributed by atoms with Gasteiger partial charge >= 0.3 is 0 Å². The van der Waals surface area contributed by atoms with Crippen molar-refractivity contribution in [2.45, 2.75) is 26.8 Å². The van der Waals surface area contributed by atoms with Crippen LogP contribution in [0.3, 0.4) is 0 Å². The monoisotopic (exact) mass is 239 g/mol. The van der Waals surface area contributed by atoms with Crippen molar-refractivity contribution < 1.29 is 0 Å². The molecule has 1 aromatic heterocycles. The molecule has 0 amide bonds. The Labute approximate surface area is 102 Å². The molecule has 90 valence electrons. The molecule has 16 heavy (non-hydrogen) atoms. The Morgan fingerprint density at radius 1 is 1.50 bits per heavy atom. The summed E-state index contributed by atoms with van der Waals surface area (Å²) in [5.41, 5.74) is 0. The molecule has 0 aliphatic carbocycles. The average Bonchev–Trinajstić information content (AvgIpc) is 2.75.